The number of amidine groups is 1. The number of ether oxygens (including phenoxy) is 2. The maximum atomic E-state index is 5.97. The molecule has 1 aromatic heterocycles. The topological polar surface area (TPSA) is 95.8 Å². The molecular formula is C19H18N4O2. The molecule has 0 aliphatic carbocycles. The summed E-state index contributed by atoms with van der Waals surface area (Å²) in [7, 11) is 1.61. The zero-order valence-electron chi connectivity index (χ0n) is 13.7. The SMILES string of the molecule is COc1cccc(Oc2nc(/N=C(N)\C=C/N)cc3ccccc23)c1. The molecule has 126 valence electrons. The number of benzene rings is 2. The molecule has 4 N–H and O–H groups in total. The van der Waals surface area contributed by atoms with Crippen molar-refractivity contribution in [3.8, 4) is 17.4 Å². The largest absolute Gasteiger partial charge is 0.497 e. The Labute approximate surface area is 145 Å². The van der Waals surface area contributed by atoms with E-state index >= 15 is 0 Å². The lowest BCUT2D eigenvalue weighted by Gasteiger charge is -2.10. The normalized spacial score (nSPS) is 11.8. The second kappa shape index (κ2) is 7.35. The third kappa shape index (κ3) is 3.87. The van der Waals surface area contributed by atoms with Gasteiger partial charge in [-0.1, -0.05) is 24.3 Å². The lowest BCUT2D eigenvalue weighted by atomic mass is 10.1. The highest BCUT2D eigenvalue weighted by Crippen LogP contribution is 2.32. The predicted molar refractivity (Wildman–Crippen MR) is 99.4 cm³/mol. The minimum atomic E-state index is 0.262. The Morgan fingerprint density at radius 2 is 1.88 bits per heavy atom. The van der Waals surface area contributed by atoms with Crippen LogP contribution < -0.4 is 20.9 Å². The van der Waals surface area contributed by atoms with Crippen molar-refractivity contribution in [3.63, 3.8) is 0 Å². The first-order chi connectivity index (χ1) is 12.2. The van der Waals surface area contributed by atoms with Gasteiger partial charge in [0.15, 0.2) is 5.82 Å². The maximum Gasteiger partial charge on any atom is 0.229 e. The summed E-state index contributed by atoms with van der Waals surface area (Å²) in [5.41, 5.74) is 11.1. The first kappa shape index (κ1) is 16.3. The van der Waals surface area contributed by atoms with Crippen molar-refractivity contribution in [3.05, 3.63) is 66.9 Å². The number of hydrogen-bond donors (Lipinski definition) is 2. The van der Waals surface area contributed by atoms with Crippen LogP contribution in [0, 0.1) is 0 Å². The highest BCUT2D eigenvalue weighted by Gasteiger charge is 2.09. The molecular weight excluding hydrogens is 316 g/mol. The van der Waals surface area contributed by atoms with Crippen LogP contribution in [0.2, 0.25) is 0 Å². The van der Waals surface area contributed by atoms with Crippen LogP contribution in [0.15, 0.2) is 71.9 Å². The fraction of sp³-hybridized carbons (Fsp3) is 0.0526. The van der Waals surface area contributed by atoms with E-state index in [0.717, 1.165) is 10.8 Å². The van der Waals surface area contributed by atoms with E-state index in [2.05, 4.69) is 9.98 Å². The molecule has 6 heteroatoms. The lowest BCUT2D eigenvalue weighted by molar-refractivity contribution is 0.408. The summed E-state index contributed by atoms with van der Waals surface area (Å²) in [6, 6.07) is 16.9. The molecule has 0 amide bonds. The summed E-state index contributed by atoms with van der Waals surface area (Å²) in [6.07, 6.45) is 2.83. The summed E-state index contributed by atoms with van der Waals surface area (Å²) in [4.78, 5) is 8.72. The van der Waals surface area contributed by atoms with E-state index in [1.165, 1.54) is 12.3 Å². The van der Waals surface area contributed by atoms with Gasteiger partial charge in [0.05, 0.1) is 7.11 Å². The van der Waals surface area contributed by atoms with Crippen molar-refractivity contribution in [2.75, 3.05) is 7.11 Å². The molecule has 0 radical (unpaired) electrons. The molecule has 25 heavy (non-hydrogen) atoms. The molecule has 2 aromatic carbocycles. The van der Waals surface area contributed by atoms with E-state index < -0.39 is 0 Å². The summed E-state index contributed by atoms with van der Waals surface area (Å²) >= 11 is 0. The first-order valence-corrected chi connectivity index (χ1v) is 7.64. The number of nitrogens with two attached hydrogens (primary N) is 2. The minimum absolute atomic E-state index is 0.262. The van der Waals surface area contributed by atoms with Crippen LogP contribution in [0.4, 0.5) is 5.82 Å². The van der Waals surface area contributed by atoms with Gasteiger partial charge in [-0.2, -0.15) is 4.98 Å². The molecule has 3 rings (SSSR count). The van der Waals surface area contributed by atoms with Gasteiger partial charge in [0, 0.05) is 11.5 Å². The van der Waals surface area contributed by atoms with Crippen molar-refractivity contribution < 1.29 is 9.47 Å². The average molecular weight is 334 g/mol. The van der Waals surface area contributed by atoms with Crippen LogP contribution in [0.1, 0.15) is 0 Å². The molecule has 0 unspecified atom stereocenters. The second-order valence-corrected chi connectivity index (χ2v) is 5.18. The van der Waals surface area contributed by atoms with Crippen LogP contribution in [-0.4, -0.2) is 17.9 Å². The average Bonchev–Trinajstić information content (AvgIpc) is 2.62. The number of pyridine rings is 1. The molecule has 0 aliphatic rings. The van der Waals surface area contributed by atoms with Gasteiger partial charge in [-0.15, -0.1) is 0 Å². The zero-order valence-corrected chi connectivity index (χ0v) is 13.7. The lowest BCUT2D eigenvalue weighted by Crippen LogP contribution is -2.07. The molecule has 0 saturated carbocycles. The highest BCUT2D eigenvalue weighted by molar-refractivity contribution is 5.94. The van der Waals surface area contributed by atoms with Crippen molar-refractivity contribution >= 4 is 22.4 Å². The van der Waals surface area contributed by atoms with Gasteiger partial charge in [0.2, 0.25) is 5.88 Å². The van der Waals surface area contributed by atoms with Crippen molar-refractivity contribution in [2.24, 2.45) is 16.5 Å². The Kier molecular flexibility index (Phi) is 4.80. The van der Waals surface area contributed by atoms with Gasteiger partial charge in [-0.3, -0.25) is 0 Å². The van der Waals surface area contributed by atoms with E-state index in [-0.39, 0.29) is 5.84 Å². The molecule has 3 aromatic rings. The Morgan fingerprint density at radius 3 is 2.68 bits per heavy atom. The van der Waals surface area contributed by atoms with Crippen LogP contribution >= 0.6 is 0 Å². The number of aliphatic imine (C=N–C) groups is 1. The molecule has 0 saturated heterocycles. The smallest absolute Gasteiger partial charge is 0.229 e. The maximum absolute atomic E-state index is 5.97. The van der Waals surface area contributed by atoms with Gasteiger partial charge in [0.25, 0.3) is 0 Å². The van der Waals surface area contributed by atoms with Crippen molar-refractivity contribution in [1.29, 1.82) is 0 Å². The molecule has 1 heterocycles. The fourth-order valence-electron chi connectivity index (χ4n) is 2.33. The van der Waals surface area contributed by atoms with E-state index in [0.29, 0.717) is 23.2 Å². The van der Waals surface area contributed by atoms with Gasteiger partial charge in [-0.05, 0) is 41.9 Å². The summed E-state index contributed by atoms with van der Waals surface area (Å²) in [6.45, 7) is 0. The summed E-state index contributed by atoms with van der Waals surface area (Å²) < 4.78 is 11.2. The van der Waals surface area contributed by atoms with E-state index in [9.17, 15) is 0 Å². The van der Waals surface area contributed by atoms with E-state index in [1.54, 1.807) is 13.2 Å². The Morgan fingerprint density at radius 1 is 1.08 bits per heavy atom. The molecule has 0 fully saturated rings. The monoisotopic (exact) mass is 334 g/mol. The second-order valence-electron chi connectivity index (χ2n) is 5.18. The number of fused-ring (bicyclic) bond motifs is 1. The van der Waals surface area contributed by atoms with Crippen LogP contribution in [0.5, 0.6) is 17.4 Å². The number of hydrogen-bond acceptors (Lipinski definition) is 5. The Balaban J connectivity index is 2.07. The summed E-state index contributed by atoms with van der Waals surface area (Å²) in [5, 5.41) is 1.82. The molecule has 0 spiro atoms. The number of methoxy groups -OCH3 is 1. The molecule has 0 atom stereocenters. The van der Waals surface area contributed by atoms with Gasteiger partial charge in [0.1, 0.15) is 17.3 Å². The number of aromatic nitrogens is 1. The van der Waals surface area contributed by atoms with Gasteiger partial charge >= 0.3 is 0 Å². The Hall–Kier alpha value is -3.54. The van der Waals surface area contributed by atoms with E-state index in [4.69, 9.17) is 20.9 Å². The number of rotatable bonds is 5. The predicted octanol–water partition coefficient (Wildman–Crippen LogP) is 3.50. The third-order valence-corrected chi connectivity index (χ3v) is 3.46. The molecule has 0 aliphatic heterocycles. The zero-order chi connectivity index (χ0) is 17.6. The van der Waals surface area contributed by atoms with Gasteiger partial charge in [-0.25, -0.2) is 4.99 Å². The summed E-state index contributed by atoms with van der Waals surface area (Å²) in [5.74, 6) is 2.46. The quantitative estimate of drug-likeness (QED) is 0.550. The van der Waals surface area contributed by atoms with Crippen molar-refractivity contribution in [2.45, 2.75) is 0 Å². The third-order valence-electron chi connectivity index (χ3n) is 3.46. The fourth-order valence-corrected chi connectivity index (χ4v) is 2.33. The van der Waals surface area contributed by atoms with E-state index in [1.807, 2.05) is 48.5 Å². The van der Waals surface area contributed by atoms with Crippen molar-refractivity contribution in [1.82, 2.24) is 4.98 Å². The molecule has 6 nitrogen and oxygen atoms in total. The van der Waals surface area contributed by atoms with Crippen LogP contribution in [0.25, 0.3) is 10.8 Å². The van der Waals surface area contributed by atoms with Crippen LogP contribution in [0.3, 0.4) is 0 Å². The van der Waals surface area contributed by atoms with Gasteiger partial charge < -0.3 is 20.9 Å². The highest BCUT2D eigenvalue weighted by atomic mass is 16.5. The Bertz CT molecular complexity index is 951. The molecule has 0 bridgehead atoms. The minimum Gasteiger partial charge on any atom is -0.497 e. The first-order valence-electron chi connectivity index (χ1n) is 7.64. The number of nitrogens with zero attached hydrogens (tertiary/aromatic N) is 2. The van der Waals surface area contributed by atoms with Crippen LogP contribution in [-0.2, 0) is 0 Å². The standard InChI is InChI=1S/C19H18N4O2/c1-24-14-6-4-7-15(12-14)25-19-16-8-3-2-5-13(16)11-18(23-19)22-17(21)9-10-20/h2-12H,20H2,1H3,(H2,21,22,23)/b10-9-.